The van der Waals surface area contributed by atoms with Crippen LogP contribution < -0.4 is 78.1 Å². The lowest BCUT2D eigenvalue weighted by molar-refractivity contribution is 0.462. The van der Waals surface area contributed by atoms with Crippen LogP contribution >= 0.6 is 47.2 Å². The summed E-state index contributed by atoms with van der Waals surface area (Å²) in [7, 11) is 0. The summed E-state index contributed by atoms with van der Waals surface area (Å²) in [6.45, 7) is -0.662. The minimum Gasteiger partial charge on any atom is -0.466 e. The number of benzene rings is 7. The van der Waals surface area contributed by atoms with E-state index in [1.807, 2.05) is 36.4 Å². The molecule has 310 valence electrons. The Morgan fingerprint density at radius 3 is 1.62 bits per heavy atom. The molecule has 0 bridgehead atoms. The van der Waals surface area contributed by atoms with Gasteiger partial charge in [-0.25, -0.2) is 0 Å². The van der Waals surface area contributed by atoms with Crippen LogP contribution in [0.2, 0.25) is 0 Å². The maximum atomic E-state index is 7.10. The number of thioether (sulfide) groups is 3. The average molecular weight is 917 g/mol. The smallest absolute Gasteiger partial charge is 0.301 e. The van der Waals surface area contributed by atoms with Crippen molar-refractivity contribution in [3.8, 4) is 46.0 Å². The number of hydrogen-bond acceptors (Lipinski definition) is 12. The normalized spacial score (nSPS) is 14.6. The molecule has 0 atom stereocenters. The lowest BCUT2D eigenvalue weighted by Gasteiger charge is -2.40. The first kappa shape index (κ1) is 37.3. The van der Waals surface area contributed by atoms with Crippen molar-refractivity contribution in [2.45, 2.75) is 14.7 Å². The molecule has 0 saturated heterocycles. The summed E-state index contributed by atoms with van der Waals surface area (Å²) in [5.74, 6) is 6.47. The van der Waals surface area contributed by atoms with Crippen LogP contribution in [0.25, 0.3) is 21.9 Å². The number of rotatable bonds is 4. The van der Waals surface area contributed by atoms with E-state index in [1.165, 1.54) is 0 Å². The van der Waals surface area contributed by atoms with Crippen molar-refractivity contribution in [2.75, 3.05) is 34.6 Å². The number of fused-ring (bicyclic) bond motifs is 16. The molecule has 0 aliphatic carbocycles. The van der Waals surface area contributed by atoms with Gasteiger partial charge in [-0.15, -0.1) is 35.3 Å². The van der Waals surface area contributed by atoms with E-state index in [0.29, 0.717) is 0 Å². The van der Waals surface area contributed by atoms with Gasteiger partial charge in [0.1, 0.15) is 57.0 Å². The molecule has 0 radical (unpaired) electrons. The second-order valence-corrected chi connectivity index (χ2v) is 20.4. The lowest BCUT2D eigenvalue weighted by atomic mass is 9.31. The van der Waals surface area contributed by atoms with E-state index in [-0.39, 0.29) is 20.1 Å². The van der Waals surface area contributed by atoms with Gasteiger partial charge >= 0.3 is 13.4 Å². The van der Waals surface area contributed by atoms with Gasteiger partial charge in [0, 0.05) is 60.8 Å². The minimum absolute atomic E-state index is 0.217. The van der Waals surface area contributed by atoms with E-state index in [1.54, 1.807) is 47.2 Å². The quantitative estimate of drug-likeness (QED) is 0.105. The Labute approximate surface area is 391 Å². The maximum absolute atomic E-state index is 7.10. The Hall–Kier alpha value is -5.99. The fourth-order valence-corrected chi connectivity index (χ4v) is 13.2. The van der Waals surface area contributed by atoms with Crippen molar-refractivity contribution in [3.63, 3.8) is 0 Å². The fraction of sp³-hybridized carbons (Fsp3) is 0.0800. The van der Waals surface area contributed by atoms with Gasteiger partial charge in [0.05, 0.1) is 22.1 Å². The molecule has 0 spiro atoms. The molecule has 0 fully saturated rings. The third-order valence-corrected chi connectivity index (χ3v) is 16.8. The summed E-state index contributed by atoms with van der Waals surface area (Å²) in [6.07, 6.45) is 8.44. The van der Waals surface area contributed by atoms with E-state index in [2.05, 4.69) is 107 Å². The highest BCUT2D eigenvalue weighted by atomic mass is 32.2. The van der Waals surface area contributed by atoms with Gasteiger partial charge in [0.25, 0.3) is 6.71 Å². The Morgan fingerprint density at radius 1 is 0.446 bits per heavy atom. The molecule has 0 amide bonds. The Balaban J connectivity index is 0.983. The molecule has 9 aromatic rings. The van der Waals surface area contributed by atoms with Crippen molar-refractivity contribution in [1.29, 1.82) is 0 Å². The predicted octanol–water partition coefficient (Wildman–Crippen LogP) is 8.10. The number of nitrogens with one attached hydrogen (secondary N) is 1. The number of furan rings is 2. The van der Waals surface area contributed by atoms with Crippen LogP contribution in [0.15, 0.2) is 133 Å². The first-order valence-electron chi connectivity index (χ1n) is 21.4. The van der Waals surface area contributed by atoms with Crippen molar-refractivity contribution in [1.82, 2.24) is 0 Å². The van der Waals surface area contributed by atoms with Crippen LogP contribution in [0.3, 0.4) is 0 Å². The second kappa shape index (κ2) is 13.3. The van der Waals surface area contributed by atoms with E-state index in [4.69, 9.17) is 27.8 Å². The molecule has 6 aliphatic rings. The summed E-state index contributed by atoms with van der Waals surface area (Å²) in [5.41, 5.74) is 14.9. The van der Waals surface area contributed by atoms with Gasteiger partial charge in [-0.1, -0.05) is 36.4 Å². The topological polar surface area (TPSA) is 78.5 Å². The van der Waals surface area contributed by atoms with E-state index in [9.17, 15) is 0 Å². The van der Waals surface area contributed by atoms with E-state index >= 15 is 0 Å². The van der Waals surface area contributed by atoms with Crippen molar-refractivity contribution in [3.05, 3.63) is 109 Å². The van der Waals surface area contributed by atoms with Crippen LogP contribution in [0.5, 0.6) is 46.0 Å². The third-order valence-electron chi connectivity index (χ3n) is 13.9. The molecule has 2 aromatic heterocycles. The summed E-state index contributed by atoms with van der Waals surface area (Å²) >= 11 is 6.78. The molecular weight excluding hydrogens is 885 g/mol. The monoisotopic (exact) mass is 916 g/mol. The molecule has 8 nitrogen and oxygen atoms in total. The second-order valence-electron chi connectivity index (χ2n) is 17.0. The average Bonchev–Trinajstić information content (AvgIpc) is 3.90. The zero-order valence-electron chi connectivity index (χ0n) is 35.2. The number of anilines is 4. The largest absolute Gasteiger partial charge is 0.466 e. The summed E-state index contributed by atoms with van der Waals surface area (Å²) in [6, 6.07) is 38.7. The summed E-state index contributed by atoms with van der Waals surface area (Å²) < 4.78 is 43.8. The lowest BCUT2D eigenvalue weighted by Crippen LogP contribution is -2.63. The zero-order valence-corrected chi connectivity index (χ0v) is 38.4. The van der Waals surface area contributed by atoms with Crippen LogP contribution in [0.1, 0.15) is 0 Å². The van der Waals surface area contributed by atoms with Crippen LogP contribution in [0.4, 0.5) is 22.7 Å². The van der Waals surface area contributed by atoms with Gasteiger partial charge < -0.3 is 33.1 Å². The van der Waals surface area contributed by atoms with Gasteiger partial charge in [0.2, 0.25) is 0 Å². The third kappa shape index (κ3) is 4.94. The van der Waals surface area contributed by atoms with Crippen molar-refractivity contribution >= 4 is 162 Å². The highest BCUT2D eigenvalue weighted by Gasteiger charge is 2.50. The van der Waals surface area contributed by atoms with E-state index in [0.717, 1.165) is 155 Å². The Kier molecular flexibility index (Phi) is 7.63. The number of nitrogens with zero attached hydrogens (tertiary/aromatic N) is 1. The highest BCUT2D eigenvalue weighted by molar-refractivity contribution is 8.00. The van der Waals surface area contributed by atoms with Gasteiger partial charge in [-0.05, 0) is 113 Å². The van der Waals surface area contributed by atoms with E-state index < -0.39 is 0 Å². The molecule has 65 heavy (non-hydrogen) atoms. The molecule has 8 heterocycles. The van der Waals surface area contributed by atoms with Gasteiger partial charge in [-0.3, -0.25) is 4.31 Å². The highest BCUT2D eigenvalue weighted by Crippen LogP contribution is 2.47. The molecule has 0 unspecified atom stereocenters. The minimum atomic E-state index is -0.225. The van der Waals surface area contributed by atoms with Crippen LogP contribution in [-0.4, -0.2) is 45.2 Å². The standard InChI is InChI=1S/C50H31B3N2O6S4/c1-62-23-13-33-44-40(15-23)58-47-26-9-5-7-11-36(26)60-49(47)52(44)28-19-30-38(21-32(28)54-33)56-42-17-25(64-3)18-43-46(42)51(30)31-20-29-34(22-39(31)57-43)55(65-4)35-14-24(63-2)16-41-45(35)53(29)50-48(59-41)27-10-6-8-12-37(27)61-50/h5-22,54H,1-4H3. The predicted molar refractivity (Wildman–Crippen MR) is 273 cm³/mol. The molecule has 15 heteroatoms. The molecule has 15 rings (SSSR count). The van der Waals surface area contributed by atoms with Gasteiger partial charge in [-0.2, -0.15) is 0 Å². The van der Waals surface area contributed by atoms with Gasteiger partial charge in [0.15, 0.2) is 11.5 Å². The summed E-state index contributed by atoms with van der Waals surface area (Å²) in [5, 5.41) is 5.76. The Morgan fingerprint density at radius 2 is 0.985 bits per heavy atom. The summed E-state index contributed by atoms with van der Waals surface area (Å²) in [4.78, 5) is 3.32. The molecule has 1 N–H and O–H groups in total. The molecule has 6 aliphatic heterocycles. The van der Waals surface area contributed by atoms with Crippen molar-refractivity contribution < 1.29 is 27.8 Å². The number of hydrogen-bond donors (Lipinski definition) is 1. The molecule has 7 aromatic carbocycles. The first-order chi connectivity index (χ1) is 32.0. The fourth-order valence-electron chi connectivity index (χ4n) is 11.1. The Bertz CT molecular complexity index is 3670. The molecular formula is C50H31B3N2O6S4. The zero-order chi connectivity index (χ0) is 43.0. The SMILES string of the molecule is CSc1cc2c3c(c1)Oc1c(oc4ccccc14)B3c1cc3c(cc1N2)Oc1cc(SC)cc2c1B3c1cc3c(cc1O2)N(SC)c1cc(SC)cc2c1B3c1oc3ccccc3c1O2. The van der Waals surface area contributed by atoms with Crippen molar-refractivity contribution in [2.24, 2.45) is 0 Å². The van der Waals surface area contributed by atoms with Crippen LogP contribution in [0, 0.1) is 0 Å². The first-order valence-corrected chi connectivity index (χ1v) is 26.2. The molecule has 0 saturated carbocycles. The van der Waals surface area contributed by atoms with Crippen LogP contribution in [-0.2, 0) is 0 Å². The number of ether oxygens (including phenoxy) is 4. The number of para-hydroxylation sites is 2. The maximum Gasteiger partial charge on any atom is 0.301 e.